The van der Waals surface area contributed by atoms with E-state index in [1.807, 2.05) is 0 Å². The molecular weight excluding hydrogens is 230 g/mol. The van der Waals surface area contributed by atoms with Gasteiger partial charge in [-0.3, -0.25) is 0 Å². The van der Waals surface area contributed by atoms with E-state index in [2.05, 4.69) is 19.2 Å². The number of hydrogen-bond acceptors (Lipinski definition) is 1. The van der Waals surface area contributed by atoms with Gasteiger partial charge < -0.3 is 5.32 Å². The Bertz CT molecular complexity index is 287. The summed E-state index contributed by atoms with van der Waals surface area (Å²) in [4.78, 5) is 0. The molecule has 19 heavy (non-hydrogen) atoms. The van der Waals surface area contributed by atoms with Crippen LogP contribution in [0.1, 0.15) is 71.6 Å². The SMILES string of the molecule is CCCNC(C1CCCC(C)C1)C1CC2CCC1C2. The van der Waals surface area contributed by atoms with Crippen molar-refractivity contribution >= 4 is 0 Å². The number of fused-ring (bicyclic) bond motifs is 2. The van der Waals surface area contributed by atoms with Crippen molar-refractivity contribution < 1.29 is 0 Å². The zero-order valence-electron chi connectivity index (χ0n) is 13.0. The van der Waals surface area contributed by atoms with Gasteiger partial charge in [-0.15, -0.1) is 0 Å². The zero-order valence-corrected chi connectivity index (χ0v) is 13.0. The minimum absolute atomic E-state index is 0.859. The van der Waals surface area contributed by atoms with Gasteiger partial charge in [-0.05, 0) is 74.7 Å². The van der Waals surface area contributed by atoms with Crippen LogP contribution in [0.5, 0.6) is 0 Å². The lowest BCUT2D eigenvalue weighted by Crippen LogP contribution is -2.46. The Hall–Kier alpha value is -0.0400. The maximum Gasteiger partial charge on any atom is 0.0126 e. The first-order valence-corrected chi connectivity index (χ1v) is 9.01. The van der Waals surface area contributed by atoms with Crippen LogP contribution in [0.15, 0.2) is 0 Å². The van der Waals surface area contributed by atoms with Crippen molar-refractivity contribution in [3.8, 4) is 0 Å². The monoisotopic (exact) mass is 263 g/mol. The van der Waals surface area contributed by atoms with Crippen molar-refractivity contribution in [1.29, 1.82) is 0 Å². The summed E-state index contributed by atoms with van der Waals surface area (Å²) in [7, 11) is 0. The van der Waals surface area contributed by atoms with Crippen LogP contribution in [0.2, 0.25) is 0 Å². The van der Waals surface area contributed by atoms with E-state index in [1.54, 1.807) is 25.7 Å². The van der Waals surface area contributed by atoms with Gasteiger partial charge in [-0.2, -0.15) is 0 Å². The highest BCUT2D eigenvalue weighted by Crippen LogP contribution is 2.51. The van der Waals surface area contributed by atoms with Gasteiger partial charge in [-0.25, -0.2) is 0 Å². The molecule has 3 aliphatic carbocycles. The van der Waals surface area contributed by atoms with E-state index in [0.29, 0.717) is 0 Å². The topological polar surface area (TPSA) is 12.0 Å². The second-order valence-electron chi connectivity index (χ2n) is 7.85. The third kappa shape index (κ3) is 3.01. The van der Waals surface area contributed by atoms with Gasteiger partial charge in [-0.1, -0.05) is 33.1 Å². The second-order valence-corrected chi connectivity index (χ2v) is 7.85. The summed E-state index contributed by atoms with van der Waals surface area (Å²) in [6, 6.07) is 0.859. The van der Waals surface area contributed by atoms with Crippen molar-refractivity contribution in [2.24, 2.45) is 29.6 Å². The molecule has 1 heteroatoms. The average Bonchev–Trinajstić information content (AvgIpc) is 3.02. The van der Waals surface area contributed by atoms with Crippen LogP contribution in [0, 0.1) is 29.6 Å². The molecule has 3 aliphatic rings. The quantitative estimate of drug-likeness (QED) is 0.763. The van der Waals surface area contributed by atoms with E-state index in [1.165, 1.54) is 38.6 Å². The Kier molecular flexibility index (Phi) is 4.51. The van der Waals surface area contributed by atoms with Crippen molar-refractivity contribution in [2.45, 2.75) is 77.7 Å². The molecule has 0 radical (unpaired) electrons. The third-order valence-electron chi connectivity index (χ3n) is 6.37. The van der Waals surface area contributed by atoms with E-state index >= 15 is 0 Å². The maximum absolute atomic E-state index is 3.99. The van der Waals surface area contributed by atoms with Gasteiger partial charge in [0.05, 0.1) is 0 Å². The minimum Gasteiger partial charge on any atom is -0.313 e. The van der Waals surface area contributed by atoms with E-state index in [9.17, 15) is 0 Å². The van der Waals surface area contributed by atoms with Gasteiger partial charge in [0.2, 0.25) is 0 Å². The molecule has 0 aromatic rings. The van der Waals surface area contributed by atoms with Gasteiger partial charge >= 0.3 is 0 Å². The molecule has 0 saturated heterocycles. The lowest BCUT2D eigenvalue weighted by atomic mass is 9.71. The highest BCUT2D eigenvalue weighted by Gasteiger charge is 2.45. The predicted octanol–water partition coefficient (Wildman–Crippen LogP) is 4.62. The summed E-state index contributed by atoms with van der Waals surface area (Å²) in [5, 5.41) is 3.99. The predicted molar refractivity (Wildman–Crippen MR) is 82.1 cm³/mol. The third-order valence-corrected chi connectivity index (χ3v) is 6.37. The fourth-order valence-corrected chi connectivity index (χ4v) is 5.52. The number of nitrogens with one attached hydrogen (secondary N) is 1. The van der Waals surface area contributed by atoms with E-state index in [-0.39, 0.29) is 0 Å². The van der Waals surface area contributed by atoms with Crippen molar-refractivity contribution in [3.05, 3.63) is 0 Å². The summed E-state index contributed by atoms with van der Waals surface area (Å²) in [6.45, 7) is 6.03. The van der Waals surface area contributed by atoms with Crippen LogP contribution < -0.4 is 5.32 Å². The fourth-order valence-electron chi connectivity index (χ4n) is 5.52. The molecule has 0 aromatic carbocycles. The molecule has 1 N–H and O–H groups in total. The minimum atomic E-state index is 0.859. The van der Waals surface area contributed by atoms with Crippen molar-refractivity contribution in [2.75, 3.05) is 6.54 Å². The Morgan fingerprint density at radius 3 is 2.58 bits per heavy atom. The zero-order chi connectivity index (χ0) is 13.2. The molecule has 0 aliphatic heterocycles. The van der Waals surface area contributed by atoms with E-state index in [4.69, 9.17) is 0 Å². The Morgan fingerprint density at radius 2 is 1.95 bits per heavy atom. The summed E-state index contributed by atoms with van der Waals surface area (Å²) < 4.78 is 0. The average molecular weight is 263 g/mol. The highest BCUT2D eigenvalue weighted by molar-refractivity contribution is 4.98. The molecule has 0 aromatic heterocycles. The molecule has 6 atom stereocenters. The van der Waals surface area contributed by atoms with Crippen LogP contribution in [-0.2, 0) is 0 Å². The van der Waals surface area contributed by atoms with Gasteiger partial charge in [0.15, 0.2) is 0 Å². The van der Waals surface area contributed by atoms with Gasteiger partial charge in [0.25, 0.3) is 0 Å². The normalized spacial score (nSPS) is 43.6. The highest BCUT2D eigenvalue weighted by atomic mass is 14.9. The molecule has 3 saturated carbocycles. The van der Waals surface area contributed by atoms with E-state index in [0.717, 1.165) is 35.6 Å². The Morgan fingerprint density at radius 1 is 1.05 bits per heavy atom. The lowest BCUT2D eigenvalue weighted by molar-refractivity contribution is 0.141. The fraction of sp³-hybridized carbons (Fsp3) is 1.00. The van der Waals surface area contributed by atoms with Crippen LogP contribution >= 0.6 is 0 Å². The molecule has 3 fully saturated rings. The molecule has 0 amide bonds. The lowest BCUT2D eigenvalue weighted by Gasteiger charge is -2.40. The van der Waals surface area contributed by atoms with Gasteiger partial charge in [0, 0.05) is 6.04 Å². The summed E-state index contributed by atoms with van der Waals surface area (Å²) >= 11 is 0. The molecule has 2 bridgehead atoms. The summed E-state index contributed by atoms with van der Waals surface area (Å²) in [5.41, 5.74) is 0. The molecule has 0 spiro atoms. The van der Waals surface area contributed by atoms with Crippen molar-refractivity contribution in [3.63, 3.8) is 0 Å². The van der Waals surface area contributed by atoms with E-state index < -0.39 is 0 Å². The molecule has 110 valence electrons. The maximum atomic E-state index is 3.99. The first-order chi connectivity index (χ1) is 9.28. The van der Waals surface area contributed by atoms with Crippen molar-refractivity contribution in [1.82, 2.24) is 5.32 Å². The smallest absolute Gasteiger partial charge is 0.0126 e. The van der Waals surface area contributed by atoms with Crippen LogP contribution in [0.25, 0.3) is 0 Å². The molecule has 1 nitrogen and oxygen atoms in total. The Labute approximate surface area is 119 Å². The molecular formula is C18H33N. The summed E-state index contributed by atoms with van der Waals surface area (Å²) in [6.07, 6.45) is 13.5. The standard InChI is InChI=1S/C18H33N/c1-3-9-19-18(16-6-4-5-13(2)10-16)17-12-14-7-8-15(17)11-14/h13-19H,3-12H2,1-2H3. The van der Waals surface area contributed by atoms with Crippen LogP contribution in [0.3, 0.4) is 0 Å². The Balaban J connectivity index is 1.66. The largest absolute Gasteiger partial charge is 0.313 e. The molecule has 3 rings (SSSR count). The van der Waals surface area contributed by atoms with Crippen LogP contribution in [-0.4, -0.2) is 12.6 Å². The molecule has 6 unspecified atom stereocenters. The first-order valence-electron chi connectivity index (χ1n) is 9.01. The first kappa shape index (κ1) is 13.9. The number of rotatable bonds is 5. The molecule has 0 heterocycles. The van der Waals surface area contributed by atoms with Gasteiger partial charge in [0.1, 0.15) is 0 Å². The summed E-state index contributed by atoms with van der Waals surface area (Å²) in [5.74, 6) is 5.17. The second kappa shape index (κ2) is 6.16. The number of hydrogen-bond donors (Lipinski definition) is 1. The van der Waals surface area contributed by atoms with Crippen LogP contribution in [0.4, 0.5) is 0 Å².